The third kappa shape index (κ3) is 4.55. The van der Waals surface area contributed by atoms with Crippen molar-refractivity contribution in [2.24, 2.45) is 0 Å². The van der Waals surface area contributed by atoms with Crippen molar-refractivity contribution < 1.29 is 0 Å². The molecule has 1 heterocycles. The van der Waals surface area contributed by atoms with Crippen molar-refractivity contribution in [3.05, 3.63) is 75.9 Å². The van der Waals surface area contributed by atoms with Crippen molar-refractivity contribution in [1.29, 1.82) is 0 Å². The van der Waals surface area contributed by atoms with E-state index in [1.807, 2.05) is 37.3 Å². The topological polar surface area (TPSA) is 49.8 Å². The van der Waals surface area contributed by atoms with Crippen LogP contribution in [0.1, 0.15) is 16.8 Å². The van der Waals surface area contributed by atoms with E-state index < -0.39 is 0 Å². The molecule has 2 N–H and O–H groups in total. The molecule has 3 aromatic rings. The fourth-order valence-electron chi connectivity index (χ4n) is 2.31. The van der Waals surface area contributed by atoms with E-state index in [0.717, 1.165) is 28.2 Å². The Morgan fingerprint density at radius 2 is 1.75 bits per heavy atom. The molecular weight excluding hydrogens is 364 g/mol. The lowest BCUT2D eigenvalue weighted by atomic mass is 10.1. The minimum atomic E-state index is 0.583. The summed E-state index contributed by atoms with van der Waals surface area (Å²) in [6.07, 6.45) is 0. The summed E-state index contributed by atoms with van der Waals surface area (Å²) in [4.78, 5) is 8.99. The first kappa shape index (κ1) is 16.5. The zero-order valence-electron chi connectivity index (χ0n) is 13.7. The van der Waals surface area contributed by atoms with Gasteiger partial charge in [0.25, 0.3) is 0 Å². The van der Waals surface area contributed by atoms with E-state index in [4.69, 9.17) is 0 Å². The predicted octanol–water partition coefficient (Wildman–Crippen LogP) is 5.21. The average molecular weight is 383 g/mol. The Morgan fingerprint density at radius 3 is 2.50 bits per heavy atom. The van der Waals surface area contributed by atoms with E-state index in [0.29, 0.717) is 5.95 Å². The van der Waals surface area contributed by atoms with Gasteiger partial charge in [0.05, 0.1) is 0 Å². The molecule has 0 aliphatic carbocycles. The summed E-state index contributed by atoms with van der Waals surface area (Å²) in [6, 6.07) is 18.3. The third-order valence-corrected chi connectivity index (χ3v) is 4.02. The Bertz CT molecular complexity index is 831. The van der Waals surface area contributed by atoms with Crippen LogP contribution in [0.15, 0.2) is 59.1 Å². The van der Waals surface area contributed by atoms with Gasteiger partial charge >= 0.3 is 0 Å². The smallest absolute Gasteiger partial charge is 0.229 e. The summed E-state index contributed by atoms with van der Waals surface area (Å²) < 4.78 is 1.01. The molecular formula is C19H19BrN4. The highest BCUT2D eigenvalue weighted by Gasteiger charge is 2.03. The Balaban J connectivity index is 1.72. The van der Waals surface area contributed by atoms with Gasteiger partial charge in [-0.25, -0.2) is 4.98 Å². The van der Waals surface area contributed by atoms with E-state index in [2.05, 4.69) is 67.7 Å². The number of benzene rings is 2. The molecule has 0 bridgehead atoms. The van der Waals surface area contributed by atoms with Gasteiger partial charge in [-0.15, -0.1) is 0 Å². The number of nitrogens with zero attached hydrogens (tertiary/aromatic N) is 2. The van der Waals surface area contributed by atoms with Gasteiger partial charge in [0.2, 0.25) is 5.95 Å². The average Bonchev–Trinajstić information content (AvgIpc) is 2.54. The summed E-state index contributed by atoms with van der Waals surface area (Å²) in [7, 11) is 0. The van der Waals surface area contributed by atoms with E-state index in [9.17, 15) is 0 Å². The molecule has 1 aromatic heterocycles. The molecule has 0 unspecified atom stereocenters. The minimum absolute atomic E-state index is 0.583. The van der Waals surface area contributed by atoms with Crippen LogP contribution in [0.3, 0.4) is 0 Å². The lowest BCUT2D eigenvalue weighted by Crippen LogP contribution is -2.05. The number of hydrogen-bond donors (Lipinski definition) is 2. The van der Waals surface area contributed by atoms with Gasteiger partial charge in [0.15, 0.2) is 0 Å². The fraction of sp³-hybridized carbons (Fsp3) is 0.158. The molecule has 0 fully saturated rings. The van der Waals surface area contributed by atoms with Gasteiger partial charge in [0, 0.05) is 28.5 Å². The van der Waals surface area contributed by atoms with Crippen molar-refractivity contribution in [1.82, 2.24) is 9.97 Å². The number of halogens is 1. The maximum atomic E-state index is 4.54. The third-order valence-electron chi connectivity index (χ3n) is 3.53. The van der Waals surface area contributed by atoms with Crippen molar-refractivity contribution in [2.75, 3.05) is 10.6 Å². The fourth-order valence-corrected chi connectivity index (χ4v) is 2.71. The SMILES string of the molecule is Cc1ccc(CNc2cc(C)nc(Nc3cccc(Br)c3)n2)cc1. The molecule has 0 aliphatic rings. The zero-order valence-corrected chi connectivity index (χ0v) is 15.3. The Morgan fingerprint density at radius 1 is 0.958 bits per heavy atom. The van der Waals surface area contributed by atoms with E-state index in [1.165, 1.54) is 11.1 Å². The molecule has 0 saturated carbocycles. The van der Waals surface area contributed by atoms with Gasteiger partial charge in [-0.2, -0.15) is 4.98 Å². The van der Waals surface area contributed by atoms with Gasteiger partial charge < -0.3 is 10.6 Å². The summed E-state index contributed by atoms with van der Waals surface area (Å²) in [5.74, 6) is 1.39. The second-order valence-corrected chi connectivity index (χ2v) is 6.61. The number of nitrogens with one attached hydrogen (secondary N) is 2. The molecule has 3 rings (SSSR count). The van der Waals surface area contributed by atoms with Crippen LogP contribution in [0.4, 0.5) is 17.5 Å². The first-order valence-corrected chi connectivity index (χ1v) is 8.55. The van der Waals surface area contributed by atoms with Crippen molar-refractivity contribution in [2.45, 2.75) is 20.4 Å². The molecule has 0 spiro atoms. The van der Waals surface area contributed by atoms with Crippen LogP contribution in [0, 0.1) is 13.8 Å². The van der Waals surface area contributed by atoms with Crippen molar-refractivity contribution in [3.8, 4) is 0 Å². The van der Waals surface area contributed by atoms with Crippen molar-refractivity contribution in [3.63, 3.8) is 0 Å². The monoisotopic (exact) mass is 382 g/mol. The van der Waals surface area contributed by atoms with Gasteiger partial charge in [-0.1, -0.05) is 51.8 Å². The Hall–Kier alpha value is -2.40. The molecule has 0 saturated heterocycles. The minimum Gasteiger partial charge on any atom is -0.366 e. The first-order chi connectivity index (χ1) is 11.6. The number of rotatable bonds is 5. The predicted molar refractivity (Wildman–Crippen MR) is 103 cm³/mol. The van der Waals surface area contributed by atoms with Crippen LogP contribution < -0.4 is 10.6 Å². The quantitative estimate of drug-likeness (QED) is 0.635. The van der Waals surface area contributed by atoms with Crippen LogP contribution in [0.5, 0.6) is 0 Å². The van der Waals surface area contributed by atoms with Crippen LogP contribution in [0.2, 0.25) is 0 Å². The molecule has 0 radical (unpaired) electrons. The lowest BCUT2D eigenvalue weighted by Gasteiger charge is -2.10. The zero-order chi connectivity index (χ0) is 16.9. The summed E-state index contributed by atoms with van der Waals surface area (Å²) in [6.45, 7) is 4.78. The van der Waals surface area contributed by atoms with E-state index in [1.54, 1.807) is 0 Å². The Labute approximate surface area is 150 Å². The molecule has 122 valence electrons. The standard InChI is InChI=1S/C19H19BrN4/c1-13-6-8-15(9-7-13)12-21-18-10-14(2)22-19(24-18)23-17-5-3-4-16(20)11-17/h3-11H,12H2,1-2H3,(H2,21,22,23,24). The van der Waals surface area contributed by atoms with Crippen LogP contribution in [0.25, 0.3) is 0 Å². The van der Waals surface area contributed by atoms with Gasteiger partial charge in [-0.3, -0.25) is 0 Å². The Kier molecular flexibility index (Phi) is 5.11. The number of aryl methyl sites for hydroxylation is 2. The second-order valence-electron chi connectivity index (χ2n) is 5.69. The number of hydrogen-bond acceptors (Lipinski definition) is 4. The van der Waals surface area contributed by atoms with Gasteiger partial charge in [0.1, 0.15) is 5.82 Å². The highest BCUT2D eigenvalue weighted by Crippen LogP contribution is 2.20. The molecule has 2 aromatic carbocycles. The van der Waals surface area contributed by atoms with E-state index in [-0.39, 0.29) is 0 Å². The maximum absolute atomic E-state index is 4.54. The molecule has 0 aliphatic heterocycles. The summed E-state index contributed by atoms with van der Waals surface area (Å²) in [5.41, 5.74) is 4.34. The molecule has 4 nitrogen and oxygen atoms in total. The summed E-state index contributed by atoms with van der Waals surface area (Å²) >= 11 is 3.47. The van der Waals surface area contributed by atoms with Gasteiger partial charge in [-0.05, 0) is 37.6 Å². The van der Waals surface area contributed by atoms with Crippen LogP contribution in [-0.2, 0) is 6.54 Å². The normalized spacial score (nSPS) is 10.5. The molecule has 0 amide bonds. The molecule has 24 heavy (non-hydrogen) atoms. The molecule has 5 heteroatoms. The highest BCUT2D eigenvalue weighted by molar-refractivity contribution is 9.10. The van der Waals surface area contributed by atoms with Crippen LogP contribution in [-0.4, -0.2) is 9.97 Å². The summed E-state index contributed by atoms with van der Waals surface area (Å²) in [5, 5.41) is 6.60. The highest BCUT2D eigenvalue weighted by atomic mass is 79.9. The lowest BCUT2D eigenvalue weighted by molar-refractivity contribution is 1.06. The maximum Gasteiger partial charge on any atom is 0.229 e. The largest absolute Gasteiger partial charge is 0.366 e. The van der Waals surface area contributed by atoms with Crippen molar-refractivity contribution >= 4 is 33.4 Å². The number of anilines is 3. The second kappa shape index (κ2) is 7.45. The van der Waals surface area contributed by atoms with Crippen LogP contribution >= 0.6 is 15.9 Å². The first-order valence-electron chi connectivity index (χ1n) is 7.76. The number of aromatic nitrogens is 2. The van der Waals surface area contributed by atoms with E-state index >= 15 is 0 Å². The molecule has 0 atom stereocenters.